The minimum Gasteiger partial charge on any atom is -0.497 e. The second-order valence-electron chi connectivity index (χ2n) is 12.4. The van der Waals surface area contributed by atoms with E-state index in [0.29, 0.717) is 0 Å². The Labute approximate surface area is 305 Å². The molecule has 0 atom stereocenters. The number of H-pyrrole nitrogens is 1. The molecule has 8 bridgehead atoms. The number of benzene rings is 3. The van der Waals surface area contributed by atoms with Crippen molar-refractivity contribution in [1.82, 2.24) is 4.98 Å². The van der Waals surface area contributed by atoms with Crippen LogP contribution in [0.3, 0.4) is 0 Å². The number of hydrogen-bond donors (Lipinski definition) is 1. The van der Waals surface area contributed by atoms with E-state index in [-0.39, 0.29) is 0 Å². The fourth-order valence-electron chi connectivity index (χ4n) is 6.61. The summed E-state index contributed by atoms with van der Waals surface area (Å²) in [6.07, 6.45) is 4.27. The van der Waals surface area contributed by atoms with Crippen LogP contribution in [-0.4, -0.2) is 32.0 Å². The van der Waals surface area contributed by atoms with Crippen molar-refractivity contribution in [2.75, 3.05) is 21.3 Å². The third kappa shape index (κ3) is 6.09. The summed E-state index contributed by atoms with van der Waals surface area (Å²) in [7, 11) is 5.09. The molecule has 2 aliphatic rings. The zero-order chi connectivity index (χ0) is 35.1. The van der Waals surface area contributed by atoms with Gasteiger partial charge in [-0.2, -0.15) is 0 Å². The first kappa shape index (κ1) is 32.6. The Morgan fingerprint density at radius 2 is 0.863 bits per heavy atom. The summed E-state index contributed by atoms with van der Waals surface area (Å²) in [4.78, 5) is 14.0. The lowest BCUT2D eigenvalue weighted by Crippen LogP contribution is -2.19. The van der Waals surface area contributed by atoms with Gasteiger partial charge in [0.15, 0.2) is 0 Å². The molecule has 0 aliphatic carbocycles. The van der Waals surface area contributed by atoms with Crippen LogP contribution in [-0.2, 0) is 0 Å². The maximum absolute atomic E-state index is 5.53. The Hall–Kier alpha value is -5.63. The summed E-state index contributed by atoms with van der Waals surface area (Å²) in [5.74, 6) is 2.45. The van der Waals surface area contributed by atoms with Gasteiger partial charge in [-0.25, -0.2) is 4.99 Å². The van der Waals surface area contributed by atoms with Crippen LogP contribution in [0.15, 0.2) is 132 Å². The molecule has 3 aromatic carbocycles. The van der Waals surface area contributed by atoms with Crippen LogP contribution in [0.4, 0.5) is 0 Å². The third-order valence-corrected chi connectivity index (χ3v) is 12.0. The zero-order valence-electron chi connectivity index (χ0n) is 29.0. The summed E-state index contributed by atoms with van der Waals surface area (Å²) in [6, 6.07) is 38.1. The van der Waals surface area contributed by atoms with Crippen molar-refractivity contribution in [1.29, 1.82) is 0 Å². The number of nitrogens with one attached hydrogen (secondary N) is 1. The van der Waals surface area contributed by atoms with Crippen molar-refractivity contribution in [3.05, 3.63) is 174 Å². The molecule has 51 heavy (non-hydrogen) atoms. The highest BCUT2D eigenvalue weighted by Gasteiger charge is 2.21. The lowest BCUT2D eigenvalue weighted by molar-refractivity contribution is 0.414. The molecule has 252 valence electrons. The largest absolute Gasteiger partial charge is 0.497 e. The van der Waals surface area contributed by atoms with Gasteiger partial charge in [0.25, 0.3) is 0 Å². The summed E-state index contributed by atoms with van der Waals surface area (Å²) >= 11 is 3.62. The van der Waals surface area contributed by atoms with E-state index in [1.54, 1.807) is 32.7 Å². The summed E-state index contributed by atoms with van der Waals surface area (Å²) in [6.45, 7) is 4.46. The lowest BCUT2D eigenvalue weighted by Gasteiger charge is -2.10. The van der Waals surface area contributed by atoms with Crippen LogP contribution in [0.1, 0.15) is 50.0 Å². The molecule has 7 heteroatoms. The predicted molar refractivity (Wildman–Crippen MR) is 213 cm³/mol. The van der Waals surface area contributed by atoms with Gasteiger partial charge in [-0.15, -0.1) is 22.7 Å². The number of fused-ring (bicyclic) bond motifs is 7. The molecular weight excluding hydrogens is 669 g/mol. The number of hydrogen-bond acceptors (Lipinski definition) is 6. The van der Waals surface area contributed by atoms with Crippen molar-refractivity contribution in [2.45, 2.75) is 13.8 Å². The van der Waals surface area contributed by atoms with E-state index in [1.807, 2.05) is 47.7 Å². The first-order chi connectivity index (χ1) is 24.9. The minimum atomic E-state index is 0.804. The van der Waals surface area contributed by atoms with Crippen LogP contribution in [0.2, 0.25) is 0 Å². The monoisotopic (exact) mass is 704 g/mol. The Balaban J connectivity index is 1.46. The molecule has 3 aromatic heterocycles. The van der Waals surface area contributed by atoms with Crippen LogP contribution in [0.5, 0.6) is 17.2 Å². The van der Waals surface area contributed by atoms with E-state index in [9.17, 15) is 0 Å². The highest BCUT2D eigenvalue weighted by Crippen LogP contribution is 2.41. The topological polar surface area (TPSA) is 55.8 Å². The molecule has 2 aliphatic heterocycles. The number of methoxy groups -OCH3 is 3. The number of thiophene rings is 2. The molecule has 0 fully saturated rings. The molecule has 0 saturated heterocycles. The van der Waals surface area contributed by atoms with Crippen LogP contribution < -0.4 is 24.9 Å². The van der Waals surface area contributed by atoms with Gasteiger partial charge in [0.2, 0.25) is 0 Å². The molecule has 5 nitrogen and oxygen atoms in total. The molecular formula is C44H36N2O3S2. The smallest absolute Gasteiger partial charge is 0.118 e. The van der Waals surface area contributed by atoms with E-state index in [2.05, 4.69) is 104 Å². The highest BCUT2D eigenvalue weighted by molar-refractivity contribution is 7.15. The standard InChI is InChI=1S/C44H36N2O3S2/c1-26-27(2)39-23-25-41(51-39)44(30-10-16-33(49-5)17-11-30)37-21-19-35(46-37)42(28-6-12-31(47-3)13-7-28)34-18-20-36(45-34)43(40-24-22-38(26)50-40)29-8-14-32(48-4)15-9-29/h6-25,45H,1-5H3/b27-26-,38-26?,39-27?,42-34-,42-35?,43-36-,43-40?,44-37-,44-41?. The number of allylic oxidation sites excluding steroid dienone is 4. The first-order valence-electron chi connectivity index (χ1n) is 16.7. The average Bonchev–Trinajstić information content (AvgIpc) is 4.02. The molecule has 0 amide bonds. The molecule has 1 N–H and O–H groups in total. The Kier molecular flexibility index (Phi) is 8.68. The second-order valence-corrected chi connectivity index (χ2v) is 14.6. The molecule has 6 aromatic rings. The zero-order valence-corrected chi connectivity index (χ0v) is 30.7. The Morgan fingerprint density at radius 1 is 0.451 bits per heavy atom. The number of aliphatic imine (C=N–C) groups is 1. The van der Waals surface area contributed by atoms with Crippen molar-refractivity contribution in [2.24, 2.45) is 4.99 Å². The van der Waals surface area contributed by atoms with Gasteiger partial charge in [-0.05, 0) is 127 Å². The van der Waals surface area contributed by atoms with Gasteiger partial charge >= 0.3 is 0 Å². The van der Waals surface area contributed by atoms with Gasteiger partial charge in [0.05, 0.1) is 32.7 Å². The Morgan fingerprint density at radius 3 is 1.35 bits per heavy atom. The number of ether oxygens (including phenoxy) is 3. The summed E-state index contributed by atoms with van der Waals surface area (Å²) < 4.78 is 16.5. The molecule has 0 radical (unpaired) electrons. The molecule has 0 spiro atoms. The van der Waals surface area contributed by atoms with Crippen molar-refractivity contribution in [3.8, 4) is 17.2 Å². The van der Waals surface area contributed by atoms with Gasteiger partial charge < -0.3 is 19.2 Å². The molecule has 0 unspecified atom stereocenters. The minimum absolute atomic E-state index is 0.804. The maximum Gasteiger partial charge on any atom is 0.118 e. The van der Waals surface area contributed by atoms with E-state index in [4.69, 9.17) is 19.2 Å². The van der Waals surface area contributed by atoms with Gasteiger partial charge in [0.1, 0.15) is 17.2 Å². The maximum atomic E-state index is 5.53. The van der Waals surface area contributed by atoms with Crippen LogP contribution in [0.25, 0.3) is 27.9 Å². The molecule has 0 saturated carbocycles. The fraction of sp³-hybridized carbons (Fsp3) is 0.114. The third-order valence-electron chi connectivity index (χ3n) is 9.52. The second kappa shape index (κ2) is 13.6. The number of rotatable bonds is 6. The predicted octanol–water partition coefficient (Wildman–Crippen LogP) is 9.34. The number of aromatic amines is 1. The van der Waals surface area contributed by atoms with Gasteiger partial charge in [-0.3, -0.25) is 0 Å². The van der Waals surface area contributed by atoms with Crippen LogP contribution in [0, 0.1) is 0 Å². The molecule has 8 rings (SSSR count). The lowest BCUT2D eigenvalue weighted by atomic mass is 10.0. The van der Waals surface area contributed by atoms with Gasteiger partial charge in [0, 0.05) is 46.9 Å². The quantitative estimate of drug-likeness (QED) is 0.188. The SMILES string of the molecule is COc1ccc(/C2=C3\C=CC(=N3)/C(c3ccc(OC)cc3)=c3/cc/c([nH]3)=C(\c3ccc(OC)cc3)c3ccc(s3)/C(C)=C(/C)c3ccc2s3)cc1. The normalized spacial score (nSPS) is 19.1. The van der Waals surface area contributed by atoms with E-state index < -0.39 is 0 Å². The van der Waals surface area contributed by atoms with Crippen molar-refractivity contribution < 1.29 is 14.2 Å². The highest BCUT2D eigenvalue weighted by atomic mass is 32.1. The first-order valence-corrected chi connectivity index (χ1v) is 18.3. The number of aromatic nitrogens is 1. The van der Waals surface area contributed by atoms with E-state index in [0.717, 1.165) is 77.6 Å². The number of nitrogens with zero attached hydrogens (tertiary/aromatic N) is 1. The van der Waals surface area contributed by atoms with Crippen molar-refractivity contribution in [3.63, 3.8) is 0 Å². The van der Waals surface area contributed by atoms with Crippen molar-refractivity contribution >= 4 is 56.3 Å². The fourth-order valence-corrected chi connectivity index (χ4v) is 8.89. The van der Waals surface area contributed by atoms with Gasteiger partial charge in [-0.1, -0.05) is 36.4 Å². The Bertz CT molecular complexity index is 2520. The molecule has 5 heterocycles. The average molecular weight is 705 g/mol. The summed E-state index contributed by atoms with van der Waals surface area (Å²) in [5.41, 5.74) is 10.8. The van der Waals surface area contributed by atoms with E-state index >= 15 is 0 Å². The van der Waals surface area contributed by atoms with E-state index in [1.165, 1.54) is 25.8 Å². The summed E-state index contributed by atoms with van der Waals surface area (Å²) in [5, 5.41) is 2.00. The van der Waals surface area contributed by atoms with Crippen LogP contribution >= 0.6 is 22.7 Å².